The van der Waals surface area contributed by atoms with Crippen molar-refractivity contribution in [2.75, 3.05) is 0 Å². The Labute approximate surface area is 115 Å². The molecule has 0 amide bonds. The third kappa shape index (κ3) is 2.39. The van der Waals surface area contributed by atoms with E-state index in [1.54, 1.807) is 29.7 Å². The third-order valence-corrected chi connectivity index (χ3v) is 4.47. The minimum Gasteiger partial charge on any atom is -0.508 e. The number of phenolic OH excluding ortho intramolecular Hbond substituents is 1. The van der Waals surface area contributed by atoms with Crippen LogP contribution >= 0.6 is 11.3 Å². The maximum atomic E-state index is 9.32. The summed E-state index contributed by atoms with van der Waals surface area (Å²) in [6.07, 6.45) is 5.61. The number of imidazole rings is 1. The van der Waals surface area contributed by atoms with Crippen molar-refractivity contribution in [2.24, 2.45) is 0 Å². The van der Waals surface area contributed by atoms with Crippen LogP contribution in [0.4, 0.5) is 0 Å². The quantitative estimate of drug-likeness (QED) is 0.783. The lowest BCUT2D eigenvalue weighted by molar-refractivity contribution is 0.475. The summed E-state index contributed by atoms with van der Waals surface area (Å²) in [5.41, 5.74) is 1.13. The van der Waals surface area contributed by atoms with Gasteiger partial charge in [-0.1, -0.05) is 0 Å². The molecule has 0 aliphatic heterocycles. The molecule has 0 aliphatic carbocycles. The molecule has 3 nitrogen and oxygen atoms in total. The number of hydrogen-bond donors (Lipinski definition) is 1. The van der Waals surface area contributed by atoms with Gasteiger partial charge in [0.15, 0.2) is 0 Å². The summed E-state index contributed by atoms with van der Waals surface area (Å²) >= 11 is 1.77. The molecule has 1 atom stereocenters. The highest BCUT2D eigenvalue weighted by atomic mass is 32.1. The van der Waals surface area contributed by atoms with E-state index < -0.39 is 0 Å². The summed E-state index contributed by atoms with van der Waals surface area (Å²) in [7, 11) is 0. The van der Waals surface area contributed by atoms with Crippen LogP contribution in [-0.4, -0.2) is 14.7 Å². The largest absolute Gasteiger partial charge is 0.508 e. The minimum atomic E-state index is 0.290. The van der Waals surface area contributed by atoms with Crippen LogP contribution in [0.1, 0.15) is 17.8 Å². The van der Waals surface area contributed by atoms with Gasteiger partial charge < -0.3 is 9.67 Å². The molecule has 4 heteroatoms. The highest BCUT2D eigenvalue weighted by Crippen LogP contribution is 2.33. The van der Waals surface area contributed by atoms with Gasteiger partial charge in [0.2, 0.25) is 0 Å². The van der Waals surface area contributed by atoms with Gasteiger partial charge in [-0.05, 0) is 48.9 Å². The molecule has 0 radical (unpaired) electrons. The molecule has 0 fully saturated rings. The Bertz CT molecular complexity index is 656. The molecular formula is C15H14N2OS. The summed E-state index contributed by atoms with van der Waals surface area (Å²) in [6.45, 7) is 2.16. The molecule has 0 saturated heterocycles. The molecule has 0 spiro atoms. The SMILES string of the molecule is CC(c1ccc(-c2ccc(O)cc2)s1)n1ccnc1. The van der Waals surface area contributed by atoms with Crippen LogP contribution in [0.3, 0.4) is 0 Å². The van der Waals surface area contributed by atoms with Gasteiger partial charge in [-0.25, -0.2) is 4.98 Å². The van der Waals surface area contributed by atoms with Crippen molar-refractivity contribution in [3.63, 3.8) is 0 Å². The first-order chi connectivity index (χ1) is 9.24. The number of aromatic nitrogens is 2. The fourth-order valence-electron chi connectivity index (χ4n) is 2.00. The van der Waals surface area contributed by atoms with Crippen LogP contribution in [0, 0.1) is 0 Å². The summed E-state index contributed by atoms with van der Waals surface area (Å²) in [5.74, 6) is 0.298. The monoisotopic (exact) mass is 270 g/mol. The molecule has 1 N–H and O–H groups in total. The van der Waals surface area contributed by atoms with Crippen molar-refractivity contribution < 1.29 is 5.11 Å². The van der Waals surface area contributed by atoms with Gasteiger partial charge in [0.25, 0.3) is 0 Å². The van der Waals surface area contributed by atoms with Crippen LogP contribution in [0.25, 0.3) is 10.4 Å². The van der Waals surface area contributed by atoms with Gasteiger partial charge >= 0.3 is 0 Å². The zero-order valence-corrected chi connectivity index (χ0v) is 11.3. The predicted molar refractivity (Wildman–Crippen MR) is 77.5 cm³/mol. The molecular weight excluding hydrogens is 256 g/mol. The van der Waals surface area contributed by atoms with Gasteiger partial charge in [-0.15, -0.1) is 11.3 Å². The Balaban J connectivity index is 1.89. The molecule has 2 aromatic heterocycles. The molecule has 0 aliphatic rings. The number of thiophene rings is 1. The number of aromatic hydroxyl groups is 1. The lowest BCUT2D eigenvalue weighted by Crippen LogP contribution is -2.01. The van der Waals surface area contributed by atoms with Crippen molar-refractivity contribution in [1.82, 2.24) is 9.55 Å². The first-order valence-corrected chi connectivity index (χ1v) is 6.92. The second kappa shape index (κ2) is 4.90. The lowest BCUT2D eigenvalue weighted by Gasteiger charge is -2.10. The molecule has 1 aromatic carbocycles. The average molecular weight is 270 g/mol. The van der Waals surface area contributed by atoms with E-state index in [4.69, 9.17) is 0 Å². The van der Waals surface area contributed by atoms with Crippen LogP contribution < -0.4 is 0 Å². The molecule has 1 unspecified atom stereocenters. The minimum absolute atomic E-state index is 0.290. The van der Waals surface area contributed by atoms with E-state index in [1.165, 1.54) is 9.75 Å². The number of rotatable bonds is 3. The van der Waals surface area contributed by atoms with E-state index in [1.807, 2.05) is 24.7 Å². The van der Waals surface area contributed by atoms with Gasteiger partial charge in [-0.3, -0.25) is 0 Å². The highest BCUT2D eigenvalue weighted by Gasteiger charge is 2.10. The van der Waals surface area contributed by atoms with Crippen molar-refractivity contribution >= 4 is 11.3 Å². The molecule has 3 aromatic rings. The summed E-state index contributed by atoms with van der Waals surface area (Å²) < 4.78 is 2.09. The topological polar surface area (TPSA) is 38.0 Å². The van der Waals surface area contributed by atoms with Gasteiger partial charge in [0.1, 0.15) is 5.75 Å². The fourth-order valence-corrected chi connectivity index (χ4v) is 3.08. The number of phenols is 1. The normalized spacial score (nSPS) is 12.5. The molecule has 96 valence electrons. The van der Waals surface area contributed by atoms with E-state index >= 15 is 0 Å². The van der Waals surface area contributed by atoms with Crippen molar-refractivity contribution in [3.05, 3.63) is 60.0 Å². The Morgan fingerprint density at radius 1 is 1.16 bits per heavy atom. The van der Waals surface area contributed by atoms with E-state index in [0.29, 0.717) is 11.8 Å². The summed E-state index contributed by atoms with van der Waals surface area (Å²) in [4.78, 5) is 6.59. The zero-order valence-electron chi connectivity index (χ0n) is 10.5. The number of benzene rings is 1. The van der Waals surface area contributed by atoms with Gasteiger partial charge in [0.05, 0.1) is 12.4 Å². The second-order valence-electron chi connectivity index (χ2n) is 4.43. The standard InChI is InChI=1S/C15H14N2OS/c1-11(17-9-8-16-10-17)14-6-7-15(19-14)12-2-4-13(18)5-3-12/h2-11,18H,1H3. The van der Waals surface area contributed by atoms with Crippen LogP contribution in [0.15, 0.2) is 55.1 Å². The summed E-state index contributed by atoms with van der Waals surface area (Å²) in [6, 6.07) is 11.9. The van der Waals surface area contributed by atoms with Gasteiger partial charge in [0, 0.05) is 22.1 Å². The first kappa shape index (κ1) is 12.0. The zero-order chi connectivity index (χ0) is 13.2. The Morgan fingerprint density at radius 3 is 2.63 bits per heavy atom. The molecule has 0 saturated carbocycles. The Hall–Kier alpha value is -2.07. The van der Waals surface area contributed by atoms with E-state index in [2.05, 4.69) is 28.6 Å². The molecule has 19 heavy (non-hydrogen) atoms. The molecule has 2 heterocycles. The number of hydrogen-bond acceptors (Lipinski definition) is 3. The lowest BCUT2D eigenvalue weighted by atomic mass is 10.2. The second-order valence-corrected chi connectivity index (χ2v) is 5.55. The molecule has 3 rings (SSSR count). The van der Waals surface area contributed by atoms with Crippen LogP contribution in [0.2, 0.25) is 0 Å². The van der Waals surface area contributed by atoms with Crippen molar-refractivity contribution in [1.29, 1.82) is 0 Å². The Morgan fingerprint density at radius 2 is 1.95 bits per heavy atom. The first-order valence-electron chi connectivity index (χ1n) is 6.10. The van der Waals surface area contributed by atoms with E-state index in [0.717, 1.165) is 5.56 Å². The summed E-state index contributed by atoms with van der Waals surface area (Å²) in [5, 5.41) is 9.32. The highest BCUT2D eigenvalue weighted by molar-refractivity contribution is 7.15. The van der Waals surface area contributed by atoms with Crippen LogP contribution in [-0.2, 0) is 0 Å². The smallest absolute Gasteiger partial charge is 0.115 e. The Kier molecular flexibility index (Phi) is 3.09. The maximum Gasteiger partial charge on any atom is 0.115 e. The average Bonchev–Trinajstić information content (AvgIpc) is 3.10. The van der Waals surface area contributed by atoms with Crippen molar-refractivity contribution in [2.45, 2.75) is 13.0 Å². The van der Waals surface area contributed by atoms with Crippen LogP contribution in [0.5, 0.6) is 5.75 Å². The predicted octanol–water partition coefficient (Wildman–Crippen LogP) is 3.93. The maximum absolute atomic E-state index is 9.32. The number of nitrogens with zero attached hydrogens (tertiary/aromatic N) is 2. The molecule has 0 bridgehead atoms. The van der Waals surface area contributed by atoms with Gasteiger partial charge in [-0.2, -0.15) is 0 Å². The van der Waals surface area contributed by atoms with E-state index in [-0.39, 0.29) is 0 Å². The third-order valence-electron chi connectivity index (χ3n) is 3.16. The van der Waals surface area contributed by atoms with E-state index in [9.17, 15) is 5.11 Å². The fraction of sp³-hybridized carbons (Fsp3) is 0.133. The van der Waals surface area contributed by atoms with Crippen molar-refractivity contribution in [3.8, 4) is 16.2 Å².